The first-order valence-electron chi connectivity index (χ1n) is 5.88. The number of para-hydroxylation sites is 1. The lowest BCUT2D eigenvalue weighted by Crippen LogP contribution is -2.02. The minimum atomic E-state index is 0.608. The average Bonchev–Trinajstić information content (AvgIpc) is 2.82. The third-order valence-electron chi connectivity index (χ3n) is 2.68. The standard InChI is InChI=1S/C14H13N3O/c1-2-4-11(5-3-1)18-9-7-14-16-12-6-8-15-10-13(12)17-14/h1-6,8,10H,7,9H2,(H,16,17). The second-order valence-corrected chi connectivity index (χ2v) is 3.99. The van der Waals surface area contributed by atoms with Crippen LogP contribution < -0.4 is 4.74 Å². The highest BCUT2D eigenvalue weighted by Gasteiger charge is 2.02. The molecule has 0 saturated heterocycles. The predicted molar refractivity (Wildman–Crippen MR) is 69.5 cm³/mol. The summed E-state index contributed by atoms with van der Waals surface area (Å²) in [6.07, 6.45) is 4.28. The van der Waals surface area contributed by atoms with Crippen LogP contribution in [0.5, 0.6) is 5.75 Å². The van der Waals surface area contributed by atoms with Crippen LogP contribution in [0.1, 0.15) is 5.82 Å². The number of ether oxygens (including phenoxy) is 1. The van der Waals surface area contributed by atoms with E-state index in [1.807, 2.05) is 36.4 Å². The molecule has 2 aromatic heterocycles. The lowest BCUT2D eigenvalue weighted by atomic mass is 10.3. The fraction of sp³-hybridized carbons (Fsp3) is 0.143. The molecule has 0 aliphatic rings. The van der Waals surface area contributed by atoms with Crippen molar-refractivity contribution in [3.05, 3.63) is 54.6 Å². The van der Waals surface area contributed by atoms with E-state index in [1.165, 1.54) is 0 Å². The largest absolute Gasteiger partial charge is 0.493 e. The molecule has 18 heavy (non-hydrogen) atoms. The summed E-state index contributed by atoms with van der Waals surface area (Å²) in [6, 6.07) is 11.7. The smallest absolute Gasteiger partial charge is 0.119 e. The fourth-order valence-electron chi connectivity index (χ4n) is 1.81. The highest BCUT2D eigenvalue weighted by molar-refractivity contribution is 5.73. The number of H-pyrrole nitrogens is 1. The number of aromatic amines is 1. The van der Waals surface area contributed by atoms with E-state index in [2.05, 4.69) is 15.0 Å². The van der Waals surface area contributed by atoms with Crippen LogP contribution in [-0.2, 0) is 6.42 Å². The van der Waals surface area contributed by atoms with Gasteiger partial charge in [0, 0.05) is 12.6 Å². The van der Waals surface area contributed by atoms with Crippen molar-refractivity contribution in [2.45, 2.75) is 6.42 Å². The lowest BCUT2D eigenvalue weighted by molar-refractivity contribution is 0.319. The number of pyridine rings is 1. The van der Waals surface area contributed by atoms with Gasteiger partial charge in [0.1, 0.15) is 11.6 Å². The van der Waals surface area contributed by atoms with Crippen molar-refractivity contribution in [1.29, 1.82) is 0 Å². The summed E-state index contributed by atoms with van der Waals surface area (Å²) in [5, 5.41) is 0. The monoisotopic (exact) mass is 239 g/mol. The first-order valence-corrected chi connectivity index (χ1v) is 5.88. The van der Waals surface area contributed by atoms with E-state index in [1.54, 1.807) is 12.4 Å². The summed E-state index contributed by atoms with van der Waals surface area (Å²) in [5.74, 6) is 1.81. The molecule has 90 valence electrons. The van der Waals surface area contributed by atoms with Gasteiger partial charge in [0.15, 0.2) is 0 Å². The Bertz CT molecular complexity index is 601. The van der Waals surface area contributed by atoms with Crippen LogP contribution in [0.2, 0.25) is 0 Å². The molecule has 4 nitrogen and oxygen atoms in total. The van der Waals surface area contributed by atoms with E-state index in [0.717, 1.165) is 29.0 Å². The Labute approximate surface area is 105 Å². The van der Waals surface area contributed by atoms with Crippen LogP contribution in [0.3, 0.4) is 0 Å². The maximum Gasteiger partial charge on any atom is 0.119 e. The number of imidazole rings is 1. The highest BCUT2D eigenvalue weighted by Crippen LogP contribution is 2.11. The van der Waals surface area contributed by atoms with E-state index in [4.69, 9.17) is 4.74 Å². The summed E-state index contributed by atoms with van der Waals surface area (Å²) >= 11 is 0. The van der Waals surface area contributed by atoms with Gasteiger partial charge in [-0.1, -0.05) is 18.2 Å². The molecule has 0 radical (unpaired) electrons. The summed E-state index contributed by atoms with van der Waals surface area (Å²) in [4.78, 5) is 11.7. The number of rotatable bonds is 4. The number of nitrogens with zero attached hydrogens (tertiary/aromatic N) is 2. The molecule has 4 heteroatoms. The van der Waals surface area contributed by atoms with Crippen LogP contribution in [0.4, 0.5) is 0 Å². The number of aromatic nitrogens is 3. The number of hydrogen-bond acceptors (Lipinski definition) is 3. The van der Waals surface area contributed by atoms with Gasteiger partial charge in [0.05, 0.1) is 23.8 Å². The Hall–Kier alpha value is -2.36. The molecule has 0 bridgehead atoms. The molecular formula is C14H13N3O. The van der Waals surface area contributed by atoms with Crippen molar-refractivity contribution < 1.29 is 4.74 Å². The SMILES string of the molecule is c1ccc(OCCc2nc3ccncc3[nH]2)cc1. The van der Waals surface area contributed by atoms with Gasteiger partial charge < -0.3 is 9.72 Å². The summed E-state index contributed by atoms with van der Waals surface area (Å²) in [6.45, 7) is 0.608. The second kappa shape index (κ2) is 4.87. The third kappa shape index (κ3) is 2.32. The van der Waals surface area contributed by atoms with Gasteiger partial charge in [-0.15, -0.1) is 0 Å². The maximum absolute atomic E-state index is 5.63. The maximum atomic E-state index is 5.63. The summed E-state index contributed by atoms with van der Waals surface area (Å²) in [5.41, 5.74) is 1.91. The van der Waals surface area contributed by atoms with Crippen molar-refractivity contribution in [2.75, 3.05) is 6.61 Å². The minimum absolute atomic E-state index is 0.608. The Morgan fingerprint density at radius 2 is 2.00 bits per heavy atom. The van der Waals surface area contributed by atoms with Gasteiger partial charge in [-0.25, -0.2) is 4.98 Å². The third-order valence-corrected chi connectivity index (χ3v) is 2.68. The van der Waals surface area contributed by atoms with Crippen LogP contribution in [-0.4, -0.2) is 21.6 Å². The Morgan fingerprint density at radius 1 is 1.11 bits per heavy atom. The average molecular weight is 239 g/mol. The van der Waals surface area contributed by atoms with E-state index in [-0.39, 0.29) is 0 Å². The van der Waals surface area contributed by atoms with Crippen molar-refractivity contribution in [3.63, 3.8) is 0 Å². The van der Waals surface area contributed by atoms with Crippen molar-refractivity contribution in [2.24, 2.45) is 0 Å². The molecular weight excluding hydrogens is 226 g/mol. The van der Waals surface area contributed by atoms with Crippen LogP contribution in [0.15, 0.2) is 48.8 Å². The minimum Gasteiger partial charge on any atom is -0.493 e. The van der Waals surface area contributed by atoms with Crippen LogP contribution in [0.25, 0.3) is 11.0 Å². The molecule has 0 atom stereocenters. The molecule has 0 saturated carbocycles. The first-order chi connectivity index (χ1) is 8.92. The summed E-state index contributed by atoms with van der Waals surface area (Å²) < 4.78 is 5.63. The van der Waals surface area contributed by atoms with Crippen LogP contribution >= 0.6 is 0 Å². The van der Waals surface area contributed by atoms with Crippen molar-refractivity contribution in [1.82, 2.24) is 15.0 Å². The molecule has 0 aliphatic carbocycles. The van der Waals surface area contributed by atoms with E-state index >= 15 is 0 Å². The Balaban J connectivity index is 1.63. The predicted octanol–water partition coefficient (Wildman–Crippen LogP) is 2.58. The van der Waals surface area contributed by atoms with Crippen LogP contribution in [0, 0.1) is 0 Å². The number of benzene rings is 1. The molecule has 0 spiro atoms. The second-order valence-electron chi connectivity index (χ2n) is 3.99. The fourth-order valence-corrected chi connectivity index (χ4v) is 1.81. The number of nitrogens with one attached hydrogen (secondary N) is 1. The quantitative estimate of drug-likeness (QED) is 0.761. The topological polar surface area (TPSA) is 50.8 Å². The molecule has 3 rings (SSSR count). The van der Waals surface area contributed by atoms with Gasteiger partial charge in [0.2, 0.25) is 0 Å². The molecule has 2 heterocycles. The van der Waals surface area contributed by atoms with Gasteiger partial charge in [0.25, 0.3) is 0 Å². The zero-order valence-electron chi connectivity index (χ0n) is 9.84. The van der Waals surface area contributed by atoms with Gasteiger partial charge in [-0.2, -0.15) is 0 Å². The van der Waals surface area contributed by atoms with Crippen molar-refractivity contribution >= 4 is 11.0 Å². The zero-order valence-corrected chi connectivity index (χ0v) is 9.84. The highest BCUT2D eigenvalue weighted by atomic mass is 16.5. The van der Waals surface area contributed by atoms with Gasteiger partial charge in [-0.3, -0.25) is 4.98 Å². The van der Waals surface area contributed by atoms with E-state index < -0.39 is 0 Å². The molecule has 3 aromatic rings. The van der Waals surface area contributed by atoms with Gasteiger partial charge >= 0.3 is 0 Å². The van der Waals surface area contributed by atoms with E-state index in [9.17, 15) is 0 Å². The molecule has 0 unspecified atom stereocenters. The molecule has 1 aromatic carbocycles. The normalized spacial score (nSPS) is 10.7. The Morgan fingerprint density at radius 3 is 2.83 bits per heavy atom. The first kappa shape index (κ1) is 10.8. The molecule has 0 amide bonds. The zero-order chi connectivity index (χ0) is 12.2. The molecule has 0 aliphatic heterocycles. The summed E-state index contributed by atoms with van der Waals surface area (Å²) in [7, 11) is 0. The molecule has 0 fully saturated rings. The Kier molecular flexibility index (Phi) is 2.92. The van der Waals surface area contributed by atoms with Gasteiger partial charge in [-0.05, 0) is 18.2 Å². The number of hydrogen-bond donors (Lipinski definition) is 1. The molecule has 1 N–H and O–H groups in total. The van der Waals surface area contributed by atoms with E-state index in [0.29, 0.717) is 6.61 Å². The number of fused-ring (bicyclic) bond motifs is 1. The van der Waals surface area contributed by atoms with Crippen molar-refractivity contribution in [3.8, 4) is 5.75 Å². The lowest BCUT2D eigenvalue weighted by Gasteiger charge is -2.03.